The Morgan fingerprint density at radius 1 is 1.19 bits per heavy atom. The lowest BCUT2D eigenvalue weighted by molar-refractivity contribution is -0.149. The second kappa shape index (κ2) is 8.12. The van der Waals surface area contributed by atoms with Crippen LogP contribution in [0, 0.1) is 5.41 Å². The Balaban J connectivity index is 1.90. The van der Waals surface area contributed by atoms with Gasteiger partial charge in [-0.1, -0.05) is 0 Å². The minimum atomic E-state index is -1.06. The number of fused-ring (bicyclic) bond motifs is 1. The molecule has 0 atom stereocenters. The van der Waals surface area contributed by atoms with E-state index in [1.807, 2.05) is 18.2 Å². The minimum Gasteiger partial charge on any atom is -0.497 e. The van der Waals surface area contributed by atoms with E-state index in [-0.39, 0.29) is 12.3 Å². The van der Waals surface area contributed by atoms with Gasteiger partial charge in [0.1, 0.15) is 11.5 Å². The Morgan fingerprint density at radius 2 is 1.92 bits per heavy atom. The van der Waals surface area contributed by atoms with Crippen LogP contribution in [0.15, 0.2) is 18.2 Å². The van der Waals surface area contributed by atoms with E-state index in [1.165, 1.54) is 0 Å². The number of ether oxygens (including phenoxy) is 2. The zero-order valence-electron chi connectivity index (χ0n) is 15.6. The Labute approximate surface area is 152 Å². The second-order valence-corrected chi connectivity index (χ2v) is 6.90. The molecule has 142 valence electrons. The summed E-state index contributed by atoms with van der Waals surface area (Å²) in [5.41, 5.74) is 0.909. The summed E-state index contributed by atoms with van der Waals surface area (Å²) in [7, 11) is 3.23. The van der Waals surface area contributed by atoms with E-state index in [1.54, 1.807) is 28.1 Å². The third kappa shape index (κ3) is 4.68. The number of nitrogens with one attached hydrogen (secondary N) is 2. The average Bonchev–Trinajstić information content (AvgIpc) is 2.99. The van der Waals surface area contributed by atoms with Crippen LogP contribution in [0.25, 0.3) is 10.9 Å². The van der Waals surface area contributed by atoms with Crippen molar-refractivity contribution in [2.75, 3.05) is 20.8 Å². The number of carboxylic acids is 1. The molecular weight excluding hydrogens is 336 g/mol. The molecule has 2 rings (SSSR count). The number of carbonyl (C=O) groups excluding carboxylic acids is 1. The number of rotatable bonds is 9. The van der Waals surface area contributed by atoms with Gasteiger partial charge in [0.05, 0.1) is 25.2 Å². The maximum atomic E-state index is 11.9. The number of carboxylic acid groups (broad SMARTS) is 1. The number of aromatic nitrogens is 1. The van der Waals surface area contributed by atoms with Gasteiger partial charge in [-0.3, -0.25) is 9.59 Å². The van der Waals surface area contributed by atoms with Crippen molar-refractivity contribution in [3.05, 3.63) is 23.9 Å². The molecule has 0 aliphatic heterocycles. The first kappa shape index (κ1) is 19.6. The number of aliphatic carboxylic acids is 1. The lowest BCUT2D eigenvalue weighted by Crippen LogP contribution is -2.33. The van der Waals surface area contributed by atoms with Gasteiger partial charge in [-0.25, -0.2) is 0 Å². The lowest BCUT2D eigenvalue weighted by atomic mass is 9.89. The monoisotopic (exact) mass is 362 g/mol. The topological polar surface area (TPSA) is 101 Å². The van der Waals surface area contributed by atoms with Gasteiger partial charge in [-0.2, -0.15) is 0 Å². The highest BCUT2D eigenvalue weighted by Gasteiger charge is 2.29. The molecule has 0 aliphatic carbocycles. The van der Waals surface area contributed by atoms with Crippen LogP contribution in [0.2, 0.25) is 0 Å². The van der Waals surface area contributed by atoms with Crippen LogP contribution in [0.5, 0.6) is 11.5 Å². The van der Waals surface area contributed by atoms with Crippen LogP contribution < -0.4 is 14.8 Å². The highest BCUT2D eigenvalue weighted by Crippen LogP contribution is 2.31. The smallest absolute Gasteiger partial charge is 0.309 e. The summed E-state index contributed by atoms with van der Waals surface area (Å²) in [6, 6.07) is 5.78. The van der Waals surface area contributed by atoms with Gasteiger partial charge in [0.2, 0.25) is 5.91 Å². The predicted octanol–water partition coefficient (Wildman–Crippen LogP) is 2.73. The third-order valence-corrected chi connectivity index (χ3v) is 4.31. The first-order valence-corrected chi connectivity index (χ1v) is 8.50. The van der Waals surface area contributed by atoms with Crippen molar-refractivity contribution < 1.29 is 24.2 Å². The number of carbonyl (C=O) groups is 2. The fourth-order valence-corrected chi connectivity index (χ4v) is 2.70. The fraction of sp³-hybridized carbons (Fsp3) is 0.474. The first-order valence-electron chi connectivity index (χ1n) is 8.50. The molecule has 1 aromatic heterocycles. The summed E-state index contributed by atoms with van der Waals surface area (Å²) in [6.07, 6.45) is 1.46. The largest absolute Gasteiger partial charge is 0.497 e. The number of benzene rings is 1. The number of hydrogen-bond donors (Lipinski definition) is 3. The molecule has 2 aromatic rings. The molecule has 1 heterocycles. The number of aryl methyl sites for hydroxylation is 1. The highest BCUT2D eigenvalue weighted by atomic mass is 16.5. The Hall–Kier alpha value is -2.70. The van der Waals surface area contributed by atoms with Gasteiger partial charge in [0.15, 0.2) is 0 Å². The number of methoxy groups -OCH3 is 2. The SMILES string of the molecule is COc1cc(OC)c2cc(CCCNC(=O)CC(C)(C)C(=O)O)[nH]c2c1. The Kier molecular flexibility index (Phi) is 6.13. The fourth-order valence-electron chi connectivity index (χ4n) is 2.70. The van der Waals surface area contributed by atoms with E-state index < -0.39 is 11.4 Å². The molecule has 3 N–H and O–H groups in total. The van der Waals surface area contributed by atoms with E-state index in [9.17, 15) is 9.59 Å². The number of aromatic amines is 1. The van der Waals surface area contributed by atoms with Gasteiger partial charge in [0.25, 0.3) is 0 Å². The summed E-state index contributed by atoms with van der Waals surface area (Å²) in [5.74, 6) is 0.234. The van der Waals surface area contributed by atoms with Crippen molar-refractivity contribution in [2.45, 2.75) is 33.1 Å². The van der Waals surface area contributed by atoms with Crippen LogP contribution in [-0.2, 0) is 16.0 Å². The molecule has 1 aromatic carbocycles. The molecule has 1 amide bonds. The summed E-state index contributed by atoms with van der Waals surface area (Å²) < 4.78 is 10.7. The maximum Gasteiger partial charge on any atom is 0.309 e. The van der Waals surface area contributed by atoms with Crippen LogP contribution in [-0.4, -0.2) is 42.7 Å². The summed E-state index contributed by atoms with van der Waals surface area (Å²) >= 11 is 0. The molecule has 0 radical (unpaired) electrons. The third-order valence-electron chi connectivity index (χ3n) is 4.31. The van der Waals surface area contributed by atoms with E-state index in [4.69, 9.17) is 14.6 Å². The van der Waals surface area contributed by atoms with E-state index in [2.05, 4.69) is 10.3 Å². The molecule has 0 fully saturated rings. The number of hydrogen-bond acceptors (Lipinski definition) is 4. The molecule has 0 unspecified atom stereocenters. The quantitative estimate of drug-likeness (QED) is 0.596. The van der Waals surface area contributed by atoms with Crippen LogP contribution in [0.4, 0.5) is 0 Å². The predicted molar refractivity (Wildman–Crippen MR) is 98.8 cm³/mol. The second-order valence-electron chi connectivity index (χ2n) is 6.90. The van der Waals surface area contributed by atoms with Gasteiger partial charge in [-0.05, 0) is 32.8 Å². The van der Waals surface area contributed by atoms with Gasteiger partial charge < -0.3 is 24.9 Å². The molecule has 0 saturated carbocycles. The standard InChI is InChI=1S/C19H26N2O5/c1-19(2,18(23)24)11-17(22)20-7-5-6-12-8-14-15(21-12)9-13(25-3)10-16(14)26-4/h8-10,21H,5-7,11H2,1-4H3,(H,20,22)(H,23,24). The molecule has 0 aliphatic rings. The maximum absolute atomic E-state index is 11.9. The van der Waals surface area contributed by atoms with Gasteiger partial charge >= 0.3 is 5.97 Å². The van der Waals surface area contributed by atoms with E-state index >= 15 is 0 Å². The summed E-state index contributed by atoms with van der Waals surface area (Å²) in [4.78, 5) is 26.2. The van der Waals surface area contributed by atoms with Crippen molar-refractivity contribution in [1.82, 2.24) is 10.3 Å². The van der Waals surface area contributed by atoms with E-state index in [0.29, 0.717) is 6.54 Å². The van der Waals surface area contributed by atoms with Crippen LogP contribution in [0.1, 0.15) is 32.4 Å². The van der Waals surface area contributed by atoms with Gasteiger partial charge in [0, 0.05) is 36.2 Å². The lowest BCUT2D eigenvalue weighted by Gasteiger charge is -2.18. The summed E-state index contributed by atoms with van der Waals surface area (Å²) in [5, 5.41) is 12.8. The van der Waals surface area contributed by atoms with Crippen molar-refractivity contribution in [1.29, 1.82) is 0 Å². The zero-order valence-corrected chi connectivity index (χ0v) is 15.6. The molecule has 7 heteroatoms. The van der Waals surface area contributed by atoms with Crippen molar-refractivity contribution in [2.24, 2.45) is 5.41 Å². The molecular formula is C19H26N2O5. The molecule has 0 spiro atoms. The summed E-state index contributed by atoms with van der Waals surface area (Å²) in [6.45, 7) is 3.58. The van der Waals surface area contributed by atoms with Crippen molar-refractivity contribution >= 4 is 22.8 Å². The number of amides is 1. The average molecular weight is 362 g/mol. The van der Waals surface area contributed by atoms with Crippen LogP contribution in [0.3, 0.4) is 0 Å². The van der Waals surface area contributed by atoms with Gasteiger partial charge in [-0.15, -0.1) is 0 Å². The minimum absolute atomic E-state index is 0.0360. The van der Waals surface area contributed by atoms with E-state index in [0.717, 1.165) is 40.9 Å². The molecule has 0 saturated heterocycles. The van der Waals surface area contributed by atoms with Crippen molar-refractivity contribution in [3.63, 3.8) is 0 Å². The normalized spacial score (nSPS) is 11.4. The Morgan fingerprint density at radius 3 is 2.54 bits per heavy atom. The Bertz CT molecular complexity index is 795. The highest BCUT2D eigenvalue weighted by molar-refractivity contribution is 5.88. The molecule has 7 nitrogen and oxygen atoms in total. The molecule has 26 heavy (non-hydrogen) atoms. The van der Waals surface area contributed by atoms with Crippen LogP contribution >= 0.6 is 0 Å². The van der Waals surface area contributed by atoms with Crippen molar-refractivity contribution in [3.8, 4) is 11.5 Å². The molecule has 0 bridgehead atoms. The number of H-pyrrole nitrogens is 1. The first-order chi connectivity index (χ1) is 12.3. The zero-order chi connectivity index (χ0) is 19.3.